The third kappa shape index (κ3) is 5.54. The van der Waals surface area contributed by atoms with Gasteiger partial charge >= 0.3 is 0 Å². The number of carbonyl (C=O) groups excluding carboxylic acids is 1. The van der Waals surface area contributed by atoms with E-state index in [2.05, 4.69) is 40.4 Å². The molecule has 18 heavy (non-hydrogen) atoms. The molecule has 2 N–H and O–H groups in total. The third-order valence-corrected chi connectivity index (χ3v) is 3.18. The van der Waals surface area contributed by atoms with Crippen LogP contribution >= 0.6 is 15.9 Å². The van der Waals surface area contributed by atoms with Crippen LogP contribution in [0.25, 0.3) is 0 Å². The van der Waals surface area contributed by atoms with Crippen LogP contribution in [0.1, 0.15) is 25.8 Å². The van der Waals surface area contributed by atoms with E-state index in [4.69, 9.17) is 0 Å². The van der Waals surface area contributed by atoms with E-state index >= 15 is 0 Å². The lowest BCUT2D eigenvalue weighted by atomic mass is 10.1. The van der Waals surface area contributed by atoms with E-state index in [1.807, 2.05) is 25.1 Å². The van der Waals surface area contributed by atoms with Gasteiger partial charge in [-0.3, -0.25) is 4.79 Å². The molecular weight excluding hydrogens is 292 g/mol. The molecular formula is C14H21BrN2O. The number of hydrogen-bond donors (Lipinski definition) is 2. The van der Waals surface area contributed by atoms with Crippen LogP contribution in [-0.2, 0) is 4.79 Å². The average Bonchev–Trinajstić information content (AvgIpc) is 2.30. The Balaban J connectivity index is 2.36. The Hall–Kier alpha value is -1.03. The number of halogens is 1. The molecule has 0 radical (unpaired) electrons. The lowest BCUT2D eigenvalue weighted by Crippen LogP contribution is -2.31. The van der Waals surface area contributed by atoms with E-state index in [0.717, 1.165) is 28.7 Å². The Bertz CT molecular complexity index is 405. The number of carbonyl (C=O) groups is 1. The molecule has 0 bridgehead atoms. The van der Waals surface area contributed by atoms with E-state index in [9.17, 15) is 4.79 Å². The Kier molecular flexibility index (Phi) is 6.19. The molecule has 0 aromatic heterocycles. The average molecular weight is 313 g/mol. The van der Waals surface area contributed by atoms with Gasteiger partial charge in [-0.15, -0.1) is 0 Å². The van der Waals surface area contributed by atoms with E-state index < -0.39 is 0 Å². The highest BCUT2D eigenvalue weighted by molar-refractivity contribution is 9.10. The molecule has 0 fully saturated rings. The number of rotatable bonds is 6. The summed E-state index contributed by atoms with van der Waals surface area (Å²) in [5.74, 6) is 0.653. The third-order valence-electron chi connectivity index (χ3n) is 2.68. The highest BCUT2D eigenvalue weighted by atomic mass is 79.9. The maximum atomic E-state index is 11.6. The minimum Gasteiger partial charge on any atom is -0.376 e. The van der Waals surface area contributed by atoms with Gasteiger partial charge in [0.25, 0.3) is 0 Å². The molecule has 0 aliphatic heterocycles. The minimum atomic E-state index is 0.0371. The van der Waals surface area contributed by atoms with Crippen LogP contribution in [0, 0.1) is 12.8 Å². The number of amides is 1. The molecule has 0 aliphatic rings. The summed E-state index contributed by atoms with van der Waals surface area (Å²) in [4.78, 5) is 11.6. The van der Waals surface area contributed by atoms with Crippen molar-refractivity contribution in [3.05, 3.63) is 28.2 Å². The highest BCUT2D eigenvalue weighted by Crippen LogP contribution is 2.20. The molecule has 0 saturated carbocycles. The maximum Gasteiger partial charge on any atom is 0.239 e. The van der Waals surface area contributed by atoms with Gasteiger partial charge in [-0.2, -0.15) is 0 Å². The standard InChI is InChI=1S/C14H21BrN2O/c1-10(2)6-7-16-14(18)9-17-13-8-12(15)5-4-11(13)3/h4-5,8,10,17H,6-7,9H2,1-3H3,(H,16,18). The topological polar surface area (TPSA) is 41.1 Å². The Morgan fingerprint density at radius 1 is 1.39 bits per heavy atom. The quantitative estimate of drug-likeness (QED) is 0.846. The summed E-state index contributed by atoms with van der Waals surface area (Å²) < 4.78 is 1.01. The molecule has 100 valence electrons. The van der Waals surface area contributed by atoms with Crippen molar-refractivity contribution in [3.8, 4) is 0 Å². The first-order valence-corrected chi connectivity index (χ1v) is 7.05. The van der Waals surface area contributed by atoms with Crippen molar-refractivity contribution >= 4 is 27.5 Å². The molecule has 4 heteroatoms. The van der Waals surface area contributed by atoms with Crippen LogP contribution in [-0.4, -0.2) is 19.0 Å². The monoisotopic (exact) mass is 312 g/mol. The van der Waals surface area contributed by atoms with Gasteiger partial charge < -0.3 is 10.6 Å². The lowest BCUT2D eigenvalue weighted by Gasteiger charge is -2.11. The SMILES string of the molecule is Cc1ccc(Br)cc1NCC(=O)NCCC(C)C. The number of hydrogen-bond acceptors (Lipinski definition) is 2. The zero-order valence-electron chi connectivity index (χ0n) is 11.2. The maximum absolute atomic E-state index is 11.6. The van der Waals surface area contributed by atoms with Gasteiger partial charge in [0, 0.05) is 16.7 Å². The lowest BCUT2D eigenvalue weighted by molar-refractivity contribution is -0.119. The van der Waals surface area contributed by atoms with Gasteiger partial charge in [0.1, 0.15) is 0 Å². The first kappa shape index (κ1) is 15.0. The second-order valence-corrected chi connectivity index (χ2v) is 5.76. The number of anilines is 1. The van der Waals surface area contributed by atoms with E-state index in [0.29, 0.717) is 12.5 Å². The molecule has 1 aromatic rings. The summed E-state index contributed by atoms with van der Waals surface area (Å²) in [7, 11) is 0. The first-order chi connectivity index (χ1) is 8.49. The molecule has 1 rings (SSSR count). The Labute approximate surface area is 117 Å². The van der Waals surface area contributed by atoms with E-state index in [-0.39, 0.29) is 5.91 Å². The molecule has 0 spiro atoms. The van der Waals surface area contributed by atoms with Crippen molar-refractivity contribution < 1.29 is 4.79 Å². The summed E-state index contributed by atoms with van der Waals surface area (Å²) in [6.45, 7) is 7.38. The van der Waals surface area contributed by atoms with Gasteiger partial charge in [-0.25, -0.2) is 0 Å². The minimum absolute atomic E-state index is 0.0371. The predicted octanol–water partition coefficient (Wildman–Crippen LogP) is 3.33. The Morgan fingerprint density at radius 2 is 2.11 bits per heavy atom. The second-order valence-electron chi connectivity index (χ2n) is 4.85. The number of aryl methyl sites for hydroxylation is 1. The molecule has 1 aromatic carbocycles. The first-order valence-electron chi connectivity index (χ1n) is 6.25. The van der Waals surface area contributed by atoms with Crippen molar-refractivity contribution in [2.24, 2.45) is 5.92 Å². The van der Waals surface area contributed by atoms with Crippen LogP contribution in [0.3, 0.4) is 0 Å². The smallest absolute Gasteiger partial charge is 0.239 e. The molecule has 1 amide bonds. The molecule has 0 heterocycles. The number of nitrogens with one attached hydrogen (secondary N) is 2. The molecule has 0 unspecified atom stereocenters. The van der Waals surface area contributed by atoms with Gasteiger partial charge in [-0.1, -0.05) is 35.8 Å². The van der Waals surface area contributed by atoms with Crippen molar-refractivity contribution in [1.82, 2.24) is 5.32 Å². The van der Waals surface area contributed by atoms with Gasteiger partial charge in [0.2, 0.25) is 5.91 Å². The van der Waals surface area contributed by atoms with Crippen molar-refractivity contribution in [2.75, 3.05) is 18.4 Å². The summed E-state index contributed by atoms with van der Waals surface area (Å²) in [5, 5.41) is 6.05. The van der Waals surface area contributed by atoms with Crippen LogP contribution in [0.15, 0.2) is 22.7 Å². The summed E-state index contributed by atoms with van der Waals surface area (Å²) >= 11 is 3.42. The van der Waals surface area contributed by atoms with Gasteiger partial charge in [0.05, 0.1) is 6.54 Å². The highest BCUT2D eigenvalue weighted by Gasteiger charge is 2.03. The van der Waals surface area contributed by atoms with Crippen LogP contribution in [0.4, 0.5) is 5.69 Å². The summed E-state index contributed by atoms with van der Waals surface area (Å²) in [6.07, 6.45) is 1.02. The molecule has 0 atom stereocenters. The summed E-state index contributed by atoms with van der Waals surface area (Å²) in [6, 6.07) is 5.99. The van der Waals surface area contributed by atoms with Crippen molar-refractivity contribution in [2.45, 2.75) is 27.2 Å². The van der Waals surface area contributed by atoms with Crippen LogP contribution in [0.5, 0.6) is 0 Å². The van der Waals surface area contributed by atoms with Crippen molar-refractivity contribution in [3.63, 3.8) is 0 Å². The zero-order valence-corrected chi connectivity index (χ0v) is 12.8. The second kappa shape index (κ2) is 7.41. The normalized spacial score (nSPS) is 10.5. The van der Waals surface area contributed by atoms with Gasteiger partial charge in [-0.05, 0) is 37.0 Å². The van der Waals surface area contributed by atoms with E-state index in [1.54, 1.807) is 0 Å². The molecule has 0 saturated heterocycles. The molecule has 3 nitrogen and oxygen atoms in total. The number of benzene rings is 1. The predicted molar refractivity (Wildman–Crippen MR) is 79.8 cm³/mol. The van der Waals surface area contributed by atoms with Crippen LogP contribution in [0.2, 0.25) is 0 Å². The fraction of sp³-hybridized carbons (Fsp3) is 0.500. The van der Waals surface area contributed by atoms with Crippen molar-refractivity contribution in [1.29, 1.82) is 0 Å². The summed E-state index contributed by atoms with van der Waals surface area (Å²) in [5.41, 5.74) is 2.12. The Morgan fingerprint density at radius 3 is 2.78 bits per heavy atom. The zero-order chi connectivity index (χ0) is 13.5. The fourth-order valence-corrected chi connectivity index (χ4v) is 1.88. The van der Waals surface area contributed by atoms with Crippen LogP contribution < -0.4 is 10.6 Å². The van der Waals surface area contributed by atoms with E-state index in [1.165, 1.54) is 0 Å². The molecule has 0 aliphatic carbocycles. The van der Waals surface area contributed by atoms with Gasteiger partial charge in [0.15, 0.2) is 0 Å². The fourth-order valence-electron chi connectivity index (χ4n) is 1.52. The largest absolute Gasteiger partial charge is 0.376 e.